The Morgan fingerprint density at radius 3 is 2.65 bits per heavy atom. The van der Waals surface area contributed by atoms with Crippen LogP contribution in [-0.2, 0) is 0 Å². The minimum Gasteiger partial charge on any atom is -0.493 e. The van der Waals surface area contributed by atoms with E-state index in [4.69, 9.17) is 15.2 Å². The maximum absolute atomic E-state index is 6.09. The third-order valence-corrected chi connectivity index (χ3v) is 3.87. The molecule has 1 heterocycles. The summed E-state index contributed by atoms with van der Waals surface area (Å²) < 4.78 is 10.6. The highest BCUT2D eigenvalue weighted by Gasteiger charge is 2.20. The number of nitrogens with two attached hydrogens (primary N) is 1. The Bertz CT molecular complexity index is 451. The zero-order chi connectivity index (χ0) is 14.5. The molecule has 0 amide bonds. The van der Waals surface area contributed by atoms with Crippen LogP contribution in [0.5, 0.6) is 11.5 Å². The first-order valence-corrected chi connectivity index (χ1v) is 7.18. The van der Waals surface area contributed by atoms with E-state index >= 15 is 0 Å². The quantitative estimate of drug-likeness (QED) is 0.809. The van der Waals surface area contributed by atoms with Gasteiger partial charge in [-0.25, -0.2) is 0 Å². The fraction of sp³-hybridized carbons (Fsp3) is 0.600. The fourth-order valence-corrected chi connectivity index (χ4v) is 2.70. The summed E-state index contributed by atoms with van der Waals surface area (Å²) in [5.74, 6) is 1.36. The molecule has 1 saturated heterocycles. The summed E-state index contributed by atoms with van der Waals surface area (Å²) >= 11 is 0. The van der Waals surface area contributed by atoms with Gasteiger partial charge in [-0.05, 0) is 25.9 Å². The highest BCUT2D eigenvalue weighted by atomic mass is 16.5. The molecule has 1 unspecified atom stereocenters. The monoisotopic (exact) mass is 279 g/mol. The van der Waals surface area contributed by atoms with Crippen LogP contribution in [0.2, 0.25) is 0 Å². The van der Waals surface area contributed by atoms with E-state index in [1.165, 1.54) is 19.4 Å². The lowest BCUT2D eigenvalue weighted by Crippen LogP contribution is -2.41. The molecule has 1 aliphatic heterocycles. The molecular weight excluding hydrogens is 254 g/mol. The number of hydrogen-bond acceptors (Lipinski definition) is 5. The van der Waals surface area contributed by atoms with Crippen LogP contribution >= 0.6 is 0 Å². The number of nitrogen functional groups attached to an aromatic ring is 1. The first kappa shape index (κ1) is 14.8. The summed E-state index contributed by atoms with van der Waals surface area (Å²) in [7, 11) is 3.25. The van der Waals surface area contributed by atoms with Gasteiger partial charge in [-0.2, -0.15) is 0 Å². The Balaban J connectivity index is 2.12. The van der Waals surface area contributed by atoms with Crippen LogP contribution in [0.25, 0.3) is 0 Å². The maximum atomic E-state index is 6.09. The van der Waals surface area contributed by atoms with Crippen molar-refractivity contribution in [3.63, 3.8) is 0 Å². The number of nitrogens with zero attached hydrogens (tertiary/aromatic N) is 1. The topological polar surface area (TPSA) is 59.8 Å². The van der Waals surface area contributed by atoms with Crippen molar-refractivity contribution in [3.05, 3.63) is 12.1 Å². The standard InChI is InChI=1S/C15H25N3O2/c1-4-18-7-5-6-11(10-18)17-13-9-15(20-3)14(19-2)8-12(13)16/h8-9,11,17H,4-7,10,16H2,1-3H3. The Morgan fingerprint density at radius 2 is 2.00 bits per heavy atom. The largest absolute Gasteiger partial charge is 0.493 e. The Morgan fingerprint density at radius 1 is 1.30 bits per heavy atom. The molecule has 112 valence electrons. The van der Waals surface area contributed by atoms with E-state index in [-0.39, 0.29) is 0 Å². The number of anilines is 2. The zero-order valence-corrected chi connectivity index (χ0v) is 12.6. The number of likely N-dealkylation sites (N-methyl/N-ethyl adjacent to an activating group) is 1. The lowest BCUT2D eigenvalue weighted by molar-refractivity contribution is 0.227. The average molecular weight is 279 g/mol. The van der Waals surface area contributed by atoms with Crippen molar-refractivity contribution in [2.45, 2.75) is 25.8 Å². The molecule has 1 aliphatic rings. The molecule has 2 rings (SSSR count). The van der Waals surface area contributed by atoms with Crippen LogP contribution in [0.4, 0.5) is 11.4 Å². The van der Waals surface area contributed by atoms with Gasteiger partial charge < -0.3 is 25.4 Å². The molecular formula is C15H25N3O2. The maximum Gasteiger partial charge on any atom is 0.162 e. The highest BCUT2D eigenvalue weighted by molar-refractivity contribution is 5.72. The van der Waals surface area contributed by atoms with E-state index in [2.05, 4.69) is 17.1 Å². The van der Waals surface area contributed by atoms with Crippen LogP contribution in [-0.4, -0.2) is 44.8 Å². The van der Waals surface area contributed by atoms with Gasteiger partial charge in [0, 0.05) is 24.7 Å². The second-order valence-corrected chi connectivity index (χ2v) is 5.17. The van der Waals surface area contributed by atoms with E-state index in [1.807, 2.05) is 12.1 Å². The van der Waals surface area contributed by atoms with Crippen LogP contribution in [0.1, 0.15) is 19.8 Å². The third-order valence-electron chi connectivity index (χ3n) is 3.87. The van der Waals surface area contributed by atoms with Crippen molar-refractivity contribution in [3.8, 4) is 11.5 Å². The van der Waals surface area contributed by atoms with Gasteiger partial charge in [0.15, 0.2) is 11.5 Å². The second-order valence-electron chi connectivity index (χ2n) is 5.17. The Labute approximate surface area is 121 Å². The molecule has 1 fully saturated rings. The SMILES string of the molecule is CCN1CCCC(Nc2cc(OC)c(OC)cc2N)C1. The molecule has 5 heteroatoms. The molecule has 1 aromatic rings. The molecule has 0 bridgehead atoms. The van der Waals surface area contributed by atoms with Gasteiger partial charge in [0.05, 0.1) is 25.6 Å². The van der Waals surface area contributed by atoms with Crippen molar-refractivity contribution >= 4 is 11.4 Å². The lowest BCUT2D eigenvalue weighted by atomic mass is 10.1. The number of benzene rings is 1. The average Bonchev–Trinajstić information content (AvgIpc) is 2.49. The third kappa shape index (κ3) is 3.28. The van der Waals surface area contributed by atoms with E-state index in [1.54, 1.807) is 14.2 Å². The summed E-state index contributed by atoms with van der Waals surface area (Å²) in [4.78, 5) is 2.46. The number of rotatable bonds is 5. The van der Waals surface area contributed by atoms with Crippen molar-refractivity contribution in [2.24, 2.45) is 0 Å². The van der Waals surface area contributed by atoms with E-state index in [9.17, 15) is 0 Å². The molecule has 0 radical (unpaired) electrons. The molecule has 3 N–H and O–H groups in total. The Kier molecular flexibility index (Phi) is 4.95. The van der Waals surface area contributed by atoms with E-state index in [0.29, 0.717) is 23.2 Å². The molecule has 20 heavy (non-hydrogen) atoms. The lowest BCUT2D eigenvalue weighted by Gasteiger charge is -2.33. The summed E-state index contributed by atoms with van der Waals surface area (Å²) in [6.07, 6.45) is 2.39. The van der Waals surface area contributed by atoms with Crippen molar-refractivity contribution in [1.82, 2.24) is 4.90 Å². The molecule has 5 nitrogen and oxygen atoms in total. The van der Waals surface area contributed by atoms with Crippen LogP contribution in [0, 0.1) is 0 Å². The molecule has 0 aromatic heterocycles. The molecule has 1 aromatic carbocycles. The van der Waals surface area contributed by atoms with Crippen LogP contribution in [0.3, 0.4) is 0 Å². The second kappa shape index (κ2) is 6.70. The fourth-order valence-electron chi connectivity index (χ4n) is 2.70. The van der Waals surface area contributed by atoms with Crippen molar-refractivity contribution in [1.29, 1.82) is 0 Å². The summed E-state index contributed by atoms with van der Waals surface area (Å²) in [5, 5.41) is 3.54. The number of nitrogens with one attached hydrogen (secondary N) is 1. The highest BCUT2D eigenvalue weighted by Crippen LogP contribution is 2.35. The van der Waals surface area contributed by atoms with Crippen LogP contribution in [0.15, 0.2) is 12.1 Å². The number of likely N-dealkylation sites (tertiary alicyclic amines) is 1. The van der Waals surface area contributed by atoms with Gasteiger partial charge in [0.25, 0.3) is 0 Å². The molecule has 1 atom stereocenters. The molecule has 0 aliphatic carbocycles. The number of methoxy groups -OCH3 is 2. The number of piperidine rings is 1. The predicted molar refractivity (Wildman–Crippen MR) is 82.7 cm³/mol. The van der Waals surface area contributed by atoms with Gasteiger partial charge in [0.1, 0.15) is 0 Å². The first-order valence-electron chi connectivity index (χ1n) is 7.18. The normalized spacial score (nSPS) is 19.6. The van der Waals surface area contributed by atoms with E-state index < -0.39 is 0 Å². The van der Waals surface area contributed by atoms with Gasteiger partial charge in [0.2, 0.25) is 0 Å². The minimum atomic E-state index is 0.434. The van der Waals surface area contributed by atoms with Gasteiger partial charge >= 0.3 is 0 Å². The summed E-state index contributed by atoms with van der Waals surface area (Å²) in [5.41, 5.74) is 7.71. The smallest absolute Gasteiger partial charge is 0.162 e. The van der Waals surface area contributed by atoms with E-state index in [0.717, 1.165) is 18.8 Å². The molecule has 0 saturated carbocycles. The van der Waals surface area contributed by atoms with Gasteiger partial charge in [-0.1, -0.05) is 6.92 Å². The molecule has 0 spiro atoms. The van der Waals surface area contributed by atoms with Crippen molar-refractivity contribution < 1.29 is 9.47 Å². The minimum absolute atomic E-state index is 0.434. The first-order chi connectivity index (χ1) is 9.67. The predicted octanol–water partition coefficient (Wildman–Crippen LogP) is 2.18. The summed E-state index contributed by atoms with van der Waals surface area (Å²) in [6.45, 7) is 5.55. The van der Waals surface area contributed by atoms with Gasteiger partial charge in [-0.3, -0.25) is 0 Å². The van der Waals surface area contributed by atoms with Crippen molar-refractivity contribution in [2.75, 3.05) is 44.9 Å². The van der Waals surface area contributed by atoms with Gasteiger partial charge in [-0.15, -0.1) is 0 Å². The number of hydrogen-bond donors (Lipinski definition) is 2. The number of ether oxygens (including phenoxy) is 2. The summed E-state index contributed by atoms with van der Waals surface area (Å²) in [6, 6.07) is 4.16. The van der Waals surface area contributed by atoms with Crippen LogP contribution < -0.4 is 20.5 Å². The zero-order valence-electron chi connectivity index (χ0n) is 12.6. The Hall–Kier alpha value is -1.62.